The van der Waals surface area contributed by atoms with E-state index in [1.807, 2.05) is 59.5 Å². The molecule has 1 atom stereocenters. The van der Waals surface area contributed by atoms with Gasteiger partial charge in [-0.1, -0.05) is 83.8 Å². The topological polar surface area (TPSA) is 45.0 Å². The summed E-state index contributed by atoms with van der Waals surface area (Å²) < 4.78 is 3.10. The molecule has 1 aromatic heterocycles. The van der Waals surface area contributed by atoms with Crippen LogP contribution in [0, 0.1) is 0 Å². The predicted octanol–water partition coefficient (Wildman–Crippen LogP) is 3.66. The van der Waals surface area contributed by atoms with Crippen LogP contribution in [0.25, 0.3) is 10.4 Å². The molecule has 0 bridgehead atoms. The summed E-state index contributed by atoms with van der Waals surface area (Å²) in [6.07, 6.45) is 2.05. The van der Waals surface area contributed by atoms with Crippen LogP contribution in [0.3, 0.4) is 0 Å². The maximum Gasteiger partial charge on any atom is 0.338 e. The molecule has 1 amide bonds. The fourth-order valence-corrected chi connectivity index (χ4v) is 4.58. The molecular formula is C18H16N3OS2+. The number of fused-ring (bicyclic) bond motifs is 1. The third-order valence-corrected chi connectivity index (χ3v) is 6.19. The van der Waals surface area contributed by atoms with Gasteiger partial charge in [0.2, 0.25) is 4.34 Å². The number of carbonyl (C=O) groups is 1. The second kappa shape index (κ2) is 6.30. The summed E-state index contributed by atoms with van der Waals surface area (Å²) >= 11 is 3.34. The largest absolute Gasteiger partial charge is 0.338 e. The number of nitrogens with one attached hydrogen (secondary N) is 2. The van der Waals surface area contributed by atoms with Crippen LogP contribution in [0.5, 0.6) is 0 Å². The zero-order valence-electron chi connectivity index (χ0n) is 13.0. The van der Waals surface area contributed by atoms with Gasteiger partial charge >= 0.3 is 11.7 Å². The van der Waals surface area contributed by atoms with E-state index in [1.165, 1.54) is 0 Å². The van der Waals surface area contributed by atoms with Crippen LogP contribution in [0.15, 0.2) is 65.0 Å². The Morgan fingerprint density at radius 3 is 2.38 bits per heavy atom. The van der Waals surface area contributed by atoms with E-state index in [2.05, 4.69) is 22.9 Å². The molecule has 24 heavy (non-hydrogen) atoms. The minimum Gasteiger partial charge on any atom is -0.244 e. The number of thioether (sulfide) groups is 1. The number of anilines is 1. The van der Waals surface area contributed by atoms with Crippen molar-refractivity contribution in [3.63, 3.8) is 0 Å². The molecular weight excluding hydrogens is 338 g/mol. The molecule has 3 aromatic rings. The second-order valence-electron chi connectivity index (χ2n) is 5.41. The average molecular weight is 354 g/mol. The summed E-state index contributed by atoms with van der Waals surface area (Å²) in [5, 5.41) is 3.09. The van der Waals surface area contributed by atoms with Crippen LogP contribution in [-0.4, -0.2) is 12.2 Å². The molecule has 0 spiro atoms. The maximum absolute atomic E-state index is 12.6. The number of hydrogen-bond acceptors (Lipinski definition) is 4. The lowest BCUT2D eigenvalue weighted by Crippen LogP contribution is -2.56. The van der Waals surface area contributed by atoms with Gasteiger partial charge in [0.25, 0.3) is 0 Å². The normalized spacial score (nSPS) is 16.2. The highest BCUT2D eigenvalue weighted by molar-refractivity contribution is 8.00. The number of nitrogens with zero attached hydrogens (tertiary/aromatic N) is 1. The van der Waals surface area contributed by atoms with Crippen molar-refractivity contribution in [1.29, 1.82) is 0 Å². The summed E-state index contributed by atoms with van der Waals surface area (Å²) in [5.41, 5.74) is 5.42. The van der Waals surface area contributed by atoms with E-state index in [0.29, 0.717) is 0 Å². The summed E-state index contributed by atoms with van der Waals surface area (Å²) in [6.45, 7) is 0. The molecule has 6 heteroatoms. The number of benzene rings is 2. The number of amides is 1. The van der Waals surface area contributed by atoms with Gasteiger partial charge in [-0.05, 0) is 11.8 Å². The highest BCUT2D eigenvalue weighted by atomic mass is 32.2. The Kier molecular flexibility index (Phi) is 4.00. The first-order valence-corrected chi connectivity index (χ1v) is 9.62. The van der Waals surface area contributed by atoms with Crippen LogP contribution in [0.2, 0.25) is 0 Å². The lowest BCUT2D eigenvalue weighted by molar-refractivity contribution is -0.671. The summed E-state index contributed by atoms with van der Waals surface area (Å²) in [6, 6.07) is 19.5. The van der Waals surface area contributed by atoms with Crippen molar-refractivity contribution < 1.29 is 9.47 Å². The van der Waals surface area contributed by atoms with E-state index in [4.69, 9.17) is 0 Å². The van der Waals surface area contributed by atoms with Crippen molar-refractivity contribution in [3.05, 3.63) is 66.2 Å². The molecule has 0 fully saturated rings. The van der Waals surface area contributed by atoms with Gasteiger partial charge in [-0.15, -0.1) is 4.68 Å². The Morgan fingerprint density at radius 1 is 1.04 bits per heavy atom. The van der Waals surface area contributed by atoms with Crippen LogP contribution < -0.4 is 15.4 Å². The molecule has 4 nitrogen and oxygen atoms in total. The Labute approximate surface area is 148 Å². The lowest BCUT2D eigenvalue weighted by Gasteiger charge is -2.20. The van der Waals surface area contributed by atoms with Crippen LogP contribution in [0.1, 0.15) is 11.6 Å². The van der Waals surface area contributed by atoms with Gasteiger partial charge in [-0.2, -0.15) is 0 Å². The highest BCUT2D eigenvalue weighted by Gasteiger charge is 2.38. The molecule has 0 saturated heterocycles. The molecule has 120 valence electrons. The van der Waals surface area contributed by atoms with Crippen molar-refractivity contribution >= 4 is 34.8 Å². The van der Waals surface area contributed by atoms with Gasteiger partial charge in [-0.25, -0.2) is 15.5 Å². The number of hydrogen-bond donors (Lipinski definition) is 2. The monoisotopic (exact) mass is 354 g/mol. The third kappa shape index (κ3) is 2.57. The Bertz CT molecular complexity index is 878. The van der Waals surface area contributed by atoms with E-state index in [1.54, 1.807) is 23.1 Å². The van der Waals surface area contributed by atoms with Gasteiger partial charge in [-0.3, -0.25) is 0 Å². The Balaban J connectivity index is 1.79. The number of thiazole rings is 1. The van der Waals surface area contributed by atoms with Gasteiger partial charge in [0.05, 0.1) is 0 Å². The first kappa shape index (κ1) is 15.2. The van der Waals surface area contributed by atoms with Crippen molar-refractivity contribution in [3.8, 4) is 10.4 Å². The first-order chi connectivity index (χ1) is 11.8. The summed E-state index contributed by atoms with van der Waals surface area (Å²) in [5.74, 6) is 0.775. The number of aromatic nitrogens is 1. The first-order valence-electron chi connectivity index (χ1n) is 7.58. The molecule has 1 aliphatic heterocycles. The maximum atomic E-state index is 12.6. The summed E-state index contributed by atoms with van der Waals surface area (Å²) in [4.78, 5) is 13.7. The zero-order valence-corrected chi connectivity index (χ0v) is 14.7. The molecule has 2 aromatic carbocycles. The number of rotatable bonds is 3. The van der Waals surface area contributed by atoms with E-state index in [9.17, 15) is 4.79 Å². The smallest absolute Gasteiger partial charge is 0.244 e. The fraction of sp³-hybridized carbons (Fsp3) is 0.111. The highest BCUT2D eigenvalue weighted by Crippen LogP contribution is 2.37. The van der Waals surface area contributed by atoms with Crippen molar-refractivity contribution in [2.45, 2.75) is 10.4 Å². The van der Waals surface area contributed by atoms with E-state index >= 15 is 0 Å². The predicted molar refractivity (Wildman–Crippen MR) is 98.9 cm³/mol. The van der Waals surface area contributed by atoms with E-state index < -0.39 is 6.04 Å². The minimum absolute atomic E-state index is 0.0381. The second-order valence-corrected chi connectivity index (χ2v) is 7.47. The van der Waals surface area contributed by atoms with E-state index in [0.717, 1.165) is 26.2 Å². The quantitative estimate of drug-likeness (QED) is 0.557. The Hall–Kier alpha value is -2.31. The fourth-order valence-electron chi connectivity index (χ4n) is 2.77. The van der Waals surface area contributed by atoms with Gasteiger partial charge < -0.3 is 0 Å². The number of carbonyl (C=O) groups excluding carboxylic acids is 1. The molecule has 0 aliphatic carbocycles. The lowest BCUT2D eigenvalue weighted by atomic mass is 10.1. The van der Waals surface area contributed by atoms with Crippen molar-refractivity contribution in [1.82, 2.24) is 0 Å². The molecule has 4 rings (SSSR count). The standard InChI is InChI=1S/C18H15N3OS2/c1-23-18-21-16(15(24-18)13-10-6-3-7-11-13)19-17(22)14(20-21)12-8-4-2-5-9-12/h2-11,14,20H,1H3/p+1. The summed E-state index contributed by atoms with van der Waals surface area (Å²) in [7, 11) is 0. The molecule has 0 radical (unpaired) electrons. The molecule has 1 aliphatic rings. The minimum atomic E-state index is -0.396. The van der Waals surface area contributed by atoms with Gasteiger partial charge in [0.1, 0.15) is 4.88 Å². The molecule has 2 N–H and O–H groups in total. The van der Waals surface area contributed by atoms with Crippen LogP contribution in [-0.2, 0) is 4.79 Å². The molecule has 0 saturated carbocycles. The van der Waals surface area contributed by atoms with Gasteiger partial charge in [0.15, 0.2) is 6.04 Å². The molecule has 1 unspecified atom stereocenters. The Morgan fingerprint density at radius 2 is 1.71 bits per heavy atom. The van der Waals surface area contributed by atoms with Crippen molar-refractivity contribution in [2.75, 3.05) is 17.0 Å². The molecule has 2 heterocycles. The SMILES string of the molecule is CSc1sc(-c2ccccc2)c2[n+]1NC(c1ccccc1)C(=O)N2. The van der Waals surface area contributed by atoms with Crippen LogP contribution >= 0.6 is 23.1 Å². The van der Waals surface area contributed by atoms with Crippen molar-refractivity contribution in [2.24, 2.45) is 0 Å². The third-order valence-electron chi connectivity index (χ3n) is 3.92. The average Bonchev–Trinajstić information content (AvgIpc) is 3.00. The van der Waals surface area contributed by atoms with Gasteiger partial charge in [0, 0.05) is 5.56 Å². The zero-order chi connectivity index (χ0) is 16.5. The van der Waals surface area contributed by atoms with Crippen LogP contribution in [0.4, 0.5) is 5.82 Å². The van der Waals surface area contributed by atoms with E-state index in [-0.39, 0.29) is 5.91 Å².